The SMILES string of the molecule is COc1ccc2c(c1)OC(C)(C)CC2NC(=O)C1COc2ccccc2O1. The fourth-order valence-corrected chi connectivity index (χ4v) is 3.50. The van der Waals surface area contributed by atoms with Gasteiger partial charge in [-0.25, -0.2) is 0 Å². The van der Waals surface area contributed by atoms with E-state index in [2.05, 4.69) is 5.32 Å². The van der Waals surface area contributed by atoms with E-state index in [1.807, 2.05) is 50.2 Å². The molecule has 2 aromatic rings. The van der Waals surface area contributed by atoms with Gasteiger partial charge in [-0.2, -0.15) is 0 Å². The standard InChI is InChI=1S/C21H23NO5/c1-21(2)11-15(14-9-8-13(24-3)10-18(14)27-21)22-20(23)19-12-25-16-6-4-5-7-17(16)26-19/h4-10,15,19H,11-12H2,1-3H3,(H,22,23). The number of ether oxygens (including phenoxy) is 4. The van der Waals surface area contributed by atoms with E-state index in [1.165, 1.54) is 0 Å². The second kappa shape index (κ2) is 6.68. The Bertz CT molecular complexity index is 863. The van der Waals surface area contributed by atoms with Crippen molar-refractivity contribution in [3.63, 3.8) is 0 Å². The molecule has 0 saturated carbocycles. The van der Waals surface area contributed by atoms with Crippen LogP contribution in [0.1, 0.15) is 31.9 Å². The largest absolute Gasteiger partial charge is 0.497 e. The van der Waals surface area contributed by atoms with Crippen molar-refractivity contribution < 1.29 is 23.7 Å². The van der Waals surface area contributed by atoms with E-state index in [4.69, 9.17) is 18.9 Å². The molecule has 1 amide bonds. The van der Waals surface area contributed by atoms with Crippen LogP contribution in [-0.2, 0) is 4.79 Å². The number of amides is 1. The molecule has 0 aliphatic carbocycles. The van der Waals surface area contributed by atoms with E-state index in [1.54, 1.807) is 13.2 Å². The molecule has 142 valence electrons. The molecule has 0 aromatic heterocycles. The average molecular weight is 369 g/mol. The minimum atomic E-state index is -0.687. The quantitative estimate of drug-likeness (QED) is 0.900. The van der Waals surface area contributed by atoms with Crippen LogP contribution in [0.5, 0.6) is 23.0 Å². The lowest BCUT2D eigenvalue weighted by atomic mass is 9.89. The number of fused-ring (bicyclic) bond motifs is 2. The van der Waals surface area contributed by atoms with Crippen molar-refractivity contribution in [2.75, 3.05) is 13.7 Å². The Morgan fingerprint density at radius 2 is 1.93 bits per heavy atom. The number of carbonyl (C=O) groups is 1. The zero-order chi connectivity index (χ0) is 19.0. The Morgan fingerprint density at radius 3 is 2.70 bits per heavy atom. The lowest BCUT2D eigenvalue weighted by Gasteiger charge is -2.38. The molecule has 2 aliphatic heterocycles. The second-order valence-electron chi connectivity index (χ2n) is 7.40. The number of methoxy groups -OCH3 is 1. The molecule has 27 heavy (non-hydrogen) atoms. The predicted molar refractivity (Wildman–Crippen MR) is 99.6 cm³/mol. The van der Waals surface area contributed by atoms with E-state index in [0.717, 1.165) is 17.1 Å². The van der Waals surface area contributed by atoms with E-state index in [0.29, 0.717) is 17.9 Å². The molecule has 0 saturated heterocycles. The van der Waals surface area contributed by atoms with Crippen molar-refractivity contribution in [1.29, 1.82) is 0 Å². The molecule has 2 heterocycles. The van der Waals surface area contributed by atoms with Crippen LogP contribution in [0.2, 0.25) is 0 Å². The normalized spacial score (nSPS) is 22.2. The second-order valence-corrected chi connectivity index (χ2v) is 7.40. The summed E-state index contributed by atoms with van der Waals surface area (Å²) in [6.45, 7) is 4.20. The summed E-state index contributed by atoms with van der Waals surface area (Å²) < 4.78 is 22.9. The first-order chi connectivity index (χ1) is 12.9. The highest BCUT2D eigenvalue weighted by molar-refractivity contribution is 5.82. The van der Waals surface area contributed by atoms with E-state index in [9.17, 15) is 4.79 Å². The van der Waals surface area contributed by atoms with Gasteiger partial charge < -0.3 is 24.3 Å². The van der Waals surface area contributed by atoms with Crippen LogP contribution in [0.15, 0.2) is 42.5 Å². The first-order valence-electron chi connectivity index (χ1n) is 9.01. The Balaban J connectivity index is 1.53. The molecule has 2 unspecified atom stereocenters. The van der Waals surface area contributed by atoms with Gasteiger partial charge in [0.15, 0.2) is 11.5 Å². The first kappa shape index (κ1) is 17.5. The summed E-state index contributed by atoms with van der Waals surface area (Å²) in [5.74, 6) is 2.49. The maximum Gasteiger partial charge on any atom is 0.265 e. The van der Waals surface area contributed by atoms with Crippen LogP contribution in [0.25, 0.3) is 0 Å². The molecule has 0 fully saturated rings. The van der Waals surface area contributed by atoms with Crippen LogP contribution in [0.3, 0.4) is 0 Å². The molecular weight excluding hydrogens is 346 g/mol. The molecule has 0 radical (unpaired) electrons. The molecule has 0 spiro atoms. The molecule has 2 aromatic carbocycles. The van der Waals surface area contributed by atoms with Gasteiger partial charge in [0.2, 0.25) is 6.10 Å². The lowest BCUT2D eigenvalue weighted by Crippen LogP contribution is -2.48. The third-order valence-corrected chi connectivity index (χ3v) is 4.80. The van der Waals surface area contributed by atoms with Crippen LogP contribution in [0, 0.1) is 0 Å². The maximum absolute atomic E-state index is 12.8. The zero-order valence-corrected chi connectivity index (χ0v) is 15.7. The zero-order valence-electron chi connectivity index (χ0n) is 15.7. The number of carbonyl (C=O) groups excluding carboxylic acids is 1. The number of hydrogen-bond donors (Lipinski definition) is 1. The van der Waals surface area contributed by atoms with Crippen molar-refractivity contribution in [2.24, 2.45) is 0 Å². The van der Waals surface area contributed by atoms with Crippen molar-refractivity contribution >= 4 is 5.91 Å². The molecule has 6 nitrogen and oxygen atoms in total. The summed E-state index contributed by atoms with van der Waals surface area (Å²) in [4.78, 5) is 12.8. The van der Waals surface area contributed by atoms with Gasteiger partial charge in [-0.1, -0.05) is 12.1 Å². The van der Waals surface area contributed by atoms with Gasteiger partial charge in [0.25, 0.3) is 5.91 Å². The van der Waals surface area contributed by atoms with E-state index < -0.39 is 11.7 Å². The van der Waals surface area contributed by atoms with Crippen molar-refractivity contribution in [1.82, 2.24) is 5.32 Å². The smallest absolute Gasteiger partial charge is 0.265 e. The average Bonchev–Trinajstić information content (AvgIpc) is 2.66. The molecule has 1 N–H and O–H groups in total. The lowest BCUT2D eigenvalue weighted by molar-refractivity contribution is -0.131. The van der Waals surface area contributed by atoms with Gasteiger partial charge in [0.05, 0.1) is 13.2 Å². The van der Waals surface area contributed by atoms with Crippen molar-refractivity contribution in [3.05, 3.63) is 48.0 Å². The molecular formula is C21H23NO5. The van der Waals surface area contributed by atoms with Gasteiger partial charge in [-0.3, -0.25) is 4.79 Å². The Morgan fingerprint density at radius 1 is 1.15 bits per heavy atom. The van der Waals surface area contributed by atoms with Crippen LogP contribution in [0.4, 0.5) is 0 Å². The topological polar surface area (TPSA) is 66.0 Å². The number of benzene rings is 2. The molecule has 2 aliphatic rings. The highest BCUT2D eigenvalue weighted by Crippen LogP contribution is 2.41. The molecule has 2 atom stereocenters. The fourth-order valence-electron chi connectivity index (χ4n) is 3.50. The molecule has 0 bridgehead atoms. The van der Waals surface area contributed by atoms with Crippen LogP contribution in [-0.4, -0.2) is 31.3 Å². The van der Waals surface area contributed by atoms with E-state index >= 15 is 0 Å². The van der Waals surface area contributed by atoms with Gasteiger partial charge in [-0.05, 0) is 38.1 Å². The number of hydrogen-bond acceptors (Lipinski definition) is 5. The van der Waals surface area contributed by atoms with Gasteiger partial charge in [-0.15, -0.1) is 0 Å². The Hall–Kier alpha value is -2.89. The van der Waals surface area contributed by atoms with Gasteiger partial charge >= 0.3 is 0 Å². The Kier molecular flexibility index (Phi) is 4.34. The summed E-state index contributed by atoms with van der Waals surface area (Å²) in [5, 5.41) is 3.10. The summed E-state index contributed by atoms with van der Waals surface area (Å²) in [6, 6.07) is 12.8. The van der Waals surface area contributed by atoms with E-state index in [-0.39, 0.29) is 18.6 Å². The monoisotopic (exact) mass is 369 g/mol. The van der Waals surface area contributed by atoms with Crippen LogP contribution >= 0.6 is 0 Å². The van der Waals surface area contributed by atoms with Crippen molar-refractivity contribution in [3.8, 4) is 23.0 Å². The fraction of sp³-hybridized carbons (Fsp3) is 0.381. The summed E-state index contributed by atoms with van der Waals surface area (Å²) in [5.41, 5.74) is 0.522. The van der Waals surface area contributed by atoms with Crippen molar-refractivity contribution in [2.45, 2.75) is 38.0 Å². The van der Waals surface area contributed by atoms with Gasteiger partial charge in [0, 0.05) is 18.1 Å². The molecule has 4 rings (SSSR count). The number of nitrogens with one attached hydrogen (secondary N) is 1. The minimum absolute atomic E-state index is 0.178. The first-order valence-corrected chi connectivity index (χ1v) is 9.01. The predicted octanol–water partition coefficient (Wildman–Crippen LogP) is 3.25. The molecule has 6 heteroatoms. The third kappa shape index (κ3) is 3.52. The maximum atomic E-state index is 12.8. The highest BCUT2D eigenvalue weighted by Gasteiger charge is 2.37. The highest BCUT2D eigenvalue weighted by atomic mass is 16.6. The summed E-state index contributed by atoms with van der Waals surface area (Å²) in [7, 11) is 1.62. The third-order valence-electron chi connectivity index (χ3n) is 4.80. The minimum Gasteiger partial charge on any atom is -0.497 e. The summed E-state index contributed by atoms with van der Waals surface area (Å²) in [6.07, 6.45) is -0.0325. The van der Waals surface area contributed by atoms with Crippen LogP contribution < -0.4 is 24.3 Å². The summed E-state index contributed by atoms with van der Waals surface area (Å²) >= 11 is 0. The number of para-hydroxylation sites is 2. The van der Waals surface area contributed by atoms with Gasteiger partial charge in [0.1, 0.15) is 23.7 Å². The number of rotatable bonds is 3. The Labute approximate surface area is 158 Å².